The second kappa shape index (κ2) is 3.64. The molecule has 0 atom stereocenters. The molecule has 0 bridgehead atoms. The third-order valence-electron chi connectivity index (χ3n) is 1.97. The fourth-order valence-electron chi connectivity index (χ4n) is 1.34. The van der Waals surface area contributed by atoms with Crippen molar-refractivity contribution in [3.63, 3.8) is 0 Å². The summed E-state index contributed by atoms with van der Waals surface area (Å²) in [6.45, 7) is 1.96. The number of nitrogens with one attached hydrogen (secondary N) is 2. The van der Waals surface area contributed by atoms with E-state index in [4.69, 9.17) is 10.5 Å². The van der Waals surface area contributed by atoms with E-state index in [0.717, 1.165) is 18.0 Å². The molecule has 1 aromatic carbocycles. The Kier molecular flexibility index (Phi) is 2.33. The van der Waals surface area contributed by atoms with Crippen LogP contribution in [0.1, 0.15) is 5.56 Å². The van der Waals surface area contributed by atoms with Crippen LogP contribution < -0.4 is 21.3 Å². The summed E-state index contributed by atoms with van der Waals surface area (Å²) in [5.41, 5.74) is 13.8. The van der Waals surface area contributed by atoms with Crippen LogP contribution in [0, 0.1) is 0 Å². The molecule has 0 saturated heterocycles. The molecule has 4 N–H and O–H groups in total. The Hall–Kier alpha value is -1.26. The van der Waals surface area contributed by atoms with Crippen molar-refractivity contribution in [1.82, 2.24) is 5.43 Å². The predicted molar refractivity (Wildman–Crippen MR) is 51.5 cm³/mol. The average molecular weight is 179 g/mol. The van der Waals surface area contributed by atoms with Gasteiger partial charge in [0.05, 0.1) is 5.69 Å². The van der Waals surface area contributed by atoms with Crippen molar-refractivity contribution in [2.24, 2.45) is 5.73 Å². The van der Waals surface area contributed by atoms with Crippen molar-refractivity contribution < 1.29 is 4.74 Å². The smallest absolute Gasteiger partial charge is 0.119 e. The summed E-state index contributed by atoms with van der Waals surface area (Å²) in [5.74, 6) is 0.884. The van der Waals surface area contributed by atoms with E-state index in [-0.39, 0.29) is 0 Å². The Morgan fingerprint density at radius 3 is 3.23 bits per heavy atom. The Bertz CT molecular complexity index is 301. The Balaban J connectivity index is 2.12. The van der Waals surface area contributed by atoms with Gasteiger partial charge in [-0.2, -0.15) is 0 Å². The van der Waals surface area contributed by atoms with Crippen LogP contribution in [0.2, 0.25) is 0 Å². The molecule has 0 fully saturated rings. The van der Waals surface area contributed by atoms with Gasteiger partial charge in [-0.25, -0.2) is 5.43 Å². The summed E-state index contributed by atoms with van der Waals surface area (Å²) in [5, 5.41) is 0. The lowest BCUT2D eigenvalue weighted by molar-refractivity contribution is 0.328. The van der Waals surface area contributed by atoms with Crippen molar-refractivity contribution in [1.29, 1.82) is 0 Å². The molecule has 0 radical (unpaired) electrons. The van der Waals surface area contributed by atoms with E-state index in [2.05, 4.69) is 10.9 Å². The number of fused-ring (bicyclic) bond motifs is 1. The second-order valence-corrected chi connectivity index (χ2v) is 2.93. The Morgan fingerprint density at radius 1 is 1.46 bits per heavy atom. The number of hydrogen-bond donors (Lipinski definition) is 3. The summed E-state index contributed by atoms with van der Waals surface area (Å²) < 4.78 is 5.40. The number of anilines is 1. The lowest BCUT2D eigenvalue weighted by atomic mass is 10.2. The van der Waals surface area contributed by atoms with E-state index in [0.29, 0.717) is 13.2 Å². The van der Waals surface area contributed by atoms with Crippen molar-refractivity contribution >= 4 is 5.69 Å². The van der Waals surface area contributed by atoms with Crippen molar-refractivity contribution in [3.8, 4) is 5.75 Å². The van der Waals surface area contributed by atoms with Gasteiger partial charge in [0.1, 0.15) is 12.4 Å². The van der Waals surface area contributed by atoms with Crippen LogP contribution in [0.3, 0.4) is 0 Å². The fraction of sp³-hybridized carbons (Fsp3) is 0.333. The molecule has 0 spiro atoms. The first-order chi connectivity index (χ1) is 6.40. The van der Waals surface area contributed by atoms with Crippen LogP contribution in [0.4, 0.5) is 5.69 Å². The van der Waals surface area contributed by atoms with Gasteiger partial charge in [-0.05, 0) is 23.8 Å². The lowest BCUT2D eigenvalue weighted by Crippen LogP contribution is -2.10. The monoisotopic (exact) mass is 179 g/mol. The third-order valence-corrected chi connectivity index (χ3v) is 1.97. The summed E-state index contributed by atoms with van der Waals surface area (Å²) in [4.78, 5) is 0. The van der Waals surface area contributed by atoms with Crippen LogP contribution in [0.15, 0.2) is 18.2 Å². The number of ether oxygens (including phenoxy) is 1. The van der Waals surface area contributed by atoms with Crippen LogP contribution in [-0.4, -0.2) is 13.2 Å². The molecule has 4 nitrogen and oxygen atoms in total. The minimum atomic E-state index is 0.549. The van der Waals surface area contributed by atoms with Crippen LogP contribution in [-0.2, 0) is 6.54 Å². The lowest BCUT2D eigenvalue weighted by Gasteiger charge is -2.05. The highest BCUT2D eigenvalue weighted by Crippen LogP contribution is 2.24. The molecule has 0 unspecified atom stereocenters. The molecule has 1 aliphatic rings. The van der Waals surface area contributed by atoms with E-state index >= 15 is 0 Å². The van der Waals surface area contributed by atoms with Gasteiger partial charge in [0.25, 0.3) is 0 Å². The molecule has 4 heteroatoms. The molecule has 2 rings (SSSR count). The maximum atomic E-state index is 5.40. The van der Waals surface area contributed by atoms with E-state index in [1.54, 1.807) is 0 Å². The predicted octanol–water partition coefficient (Wildman–Crippen LogP) is 0.454. The number of nitrogens with two attached hydrogens (primary N) is 1. The van der Waals surface area contributed by atoms with Gasteiger partial charge >= 0.3 is 0 Å². The zero-order valence-electron chi connectivity index (χ0n) is 7.34. The highest BCUT2D eigenvalue weighted by atomic mass is 16.5. The van der Waals surface area contributed by atoms with Crippen LogP contribution in [0.5, 0.6) is 5.75 Å². The molecule has 1 aromatic rings. The normalized spacial score (nSPS) is 13.6. The number of rotatable bonds is 3. The van der Waals surface area contributed by atoms with Gasteiger partial charge in [-0.15, -0.1) is 0 Å². The molecule has 13 heavy (non-hydrogen) atoms. The quantitative estimate of drug-likeness (QED) is 0.630. The zero-order chi connectivity index (χ0) is 9.10. The molecular weight excluding hydrogens is 166 g/mol. The van der Waals surface area contributed by atoms with E-state index in [9.17, 15) is 0 Å². The average Bonchev–Trinajstić information content (AvgIpc) is 2.61. The number of hydrazine groups is 1. The van der Waals surface area contributed by atoms with E-state index in [1.165, 1.54) is 5.56 Å². The molecule has 70 valence electrons. The summed E-state index contributed by atoms with van der Waals surface area (Å²) in [6, 6.07) is 5.97. The standard InChI is InChI=1S/C9H13N3O/c10-3-4-13-8-1-2-9-7(5-8)6-11-12-9/h1-2,5,11-12H,3-4,6,10H2. The first-order valence-electron chi connectivity index (χ1n) is 4.35. The molecule has 0 aliphatic carbocycles. The third kappa shape index (κ3) is 1.74. The zero-order valence-corrected chi connectivity index (χ0v) is 7.34. The topological polar surface area (TPSA) is 59.3 Å². The summed E-state index contributed by atoms with van der Waals surface area (Å²) in [7, 11) is 0. The minimum absolute atomic E-state index is 0.549. The Labute approximate surface area is 77.0 Å². The van der Waals surface area contributed by atoms with Crippen molar-refractivity contribution in [2.45, 2.75) is 6.54 Å². The van der Waals surface area contributed by atoms with E-state index < -0.39 is 0 Å². The molecule has 0 amide bonds. The van der Waals surface area contributed by atoms with Crippen molar-refractivity contribution in [2.75, 3.05) is 18.6 Å². The highest BCUT2D eigenvalue weighted by Gasteiger charge is 2.09. The molecular formula is C9H13N3O. The number of benzene rings is 1. The van der Waals surface area contributed by atoms with Crippen LogP contribution >= 0.6 is 0 Å². The van der Waals surface area contributed by atoms with Crippen LogP contribution in [0.25, 0.3) is 0 Å². The largest absolute Gasteiger partial charge is 0.492 e. The Morgan fingerprint density at radius 2 is 2.38 bits per heavy atom. The first-order valence-corrected chi connectivity index (χ1v) is 4.35. The maximum Gasteiger partial charge on any atom is 0.119 e. The minimum Gasteiger partial charge on any atom is -0.492 e. The SMILES string of the molecule is NCCOc1ccc2c(c1)CNN2. The van der Waals surface area contributed by atoms with Crippen molar-refractivity contribution in [3.05, 3.63) is 23.8 Å². The van der Waals surface area contributed by atoms with Gasteiger partial charge < -0.3 is 15.9 Å². The van der Waals surface area contributed by atoms with Gasteiger partial charge in [-0.1, -0.05) is 0 Å². The fourth-order valence-corrected chi connectivity index (χ4v) is 1.34. The second-order valence-electron chi connectivity index (χ2n) is 2.93. The molecule has 1 heterocycles. The maximum absolute atomic E-state index is 5.40. The van der Waals surface area contributed by atoms with Gasteiger partial charge in [-0.3, -0.25) is 0 Å². The summed E-state index contributed by atoms with van der Waals surface area (Å²) in [6.07, 6.45) is 0. The molecule has 0 saturated carbocycles. The van der Waals surface area contributed by atoms with E-state index in [1.807, 2.05) is 18.2 Å². The van der Waals surface area contributed by atoms with Gasteiger partial charge in [0, 0.05) is 13.1 Å². The molecule has 0 aromatic heterocycles. The molecule has 1 aliphatic heterocycles. The number of hydrogen-bond acceptors (Lipinski definition) is 4. The van der Waals surface area contributed by atoms with Gasteiger partial charge in [0.2, 0.25) is 0 Å². The highest BCUT2D eigenvalue weighted by molar-refractivity contribution is 5.56. The first kappa shape index (κ1) is 8.34. The van der Waals surface area contributed by atoms with Gasteiger partial charge in [0.15, 0.2) is 0 Å². The summed E-state index contributed by atoms with van der Waals surface area (Å²) >= 11 is 0.